The van der Waals surface area contributed by atoms with Gasteiger partial charge in [0.1, 0.15) is 5.82 Å². The maximum atomic E-state index is 13.6. The van der Waals surface area contributed by atoms with Crippen molar-refractivity contribution in [1.82, 2.24) is 15.3 Å². The largest absolute Gasteiger partial charge is 0.352 e. The molecule has 4 aromatic rings. The molecule has 1 amide bonds. The number of allylic oxidation sites excluding steroid dienone is 1. The summed E-state index contributed by atoms with van der Waals surface area (Å²) in [4.78, 5) is 26.8. The molecule has 192 valence electrons. The molecule has 2 heterocycles. The molecule has 1 aliphatic heterocycles. The average Bonchev–Trinajstić information content (AvgIpc) is 3.44. The van der Waals surface area contributed by atoms with E-state index in [1.54, 1.807) is 54.7 Å². The van der Waals surface area contributed by atoms with Gasteiger partial charge in [-0.3, -0.25) is 9.79 Å². The predicted molar refractivity (Wildman–Crippen MR) is 146 cm³/mol. The fourth-order valence-corrected chi connectivity index (χ4v) is 4.91. The Hall–Kier alpha value is -4.24. The summed E-state index contributed by atoms with van der Waals surface area (Å²) in [6, 6.07) is 17.4. The Kier molecular flexibility index (Phi) is 7.11. The van der Waals surface area contributed by atoms with Gasteiger partial charge in [0, 0.05) is 47.8 Å². The second-order valence-corrected chi connectivity index (χ2v) is 11.1. The van der Waals surface area contributed by atoms with Gasteiger partial charge in [0.25, 0.3) is 5.91 Å². The van der Waals surface area contributed by atoms with E-state index in [9.17, 15) is 17.6 Å². The van der Waals surface area contributed by atoms with Gasteiger partial charge in [-0.05, 0) is 67.4 Å². The Bertz CT molecular complexity index is 1700. The van der Waals surface area contributed by atoms with Crippen molar-refractivity contribution < 1.29 is 17.6 Å². The number of hydrogen-bond acceptors (Lipinski definition) is 6. The zero-order chi connectivity index (χ0) is 26.7. The highest BCUT2D eigenvalue weighted by atomic mass is 32.2. The number of rotatable bonds is 8. The lowest BCUT2D eigenvalue weighted by Crippen LogP contribution is -2.24. The number of halogens is 1. The van der Waals surface area contributed by atoms with Crippen molar-refractivity contribution in [3.63, 3.8) is 0 Å². The first kappa shape index (κ1) is 25.4. The summed E-state index contributed by atoms with van der Waals surface area (Å²) in [5, 5.41) is 2.94. The topological polar surface area (TPSA) is 101 Å². The number of carbonyl (C=O) groups excluding carboxylic acids is 1. The Morgan fingerprint density at radius 2 is 1.71 bits per heavy atom. The molecule has 0 bridgehead atoms. The number of fused-ring (bicyclic) bond motifs is 1. The molecule has 1 N–H and O–H groups in total. The Morgan fingerprint density at radius 3 is 2.45 bits per heavy atom. The summed E-state index contributed by atoms with van der Waals surface area (Å²) in [5.41, 5.74) is 4.67. The van der Waals surface area contributed by atoms with E-state index in [2.05, 4.69) is 10.3 Å². The third-order valence-electron chi connectivity index (χ3n) is 6.22. The highest BCUT2D eigenvalue weighted by Crippen LogP contribution is 2.32. The quantitative estimate of drug-likeness (QED) is 0.310. The molecule has 0 saturated heterocycles. The Balaban J connectivity index is 1.50. The lowest BCUT2D eigenvalue weighted by Gasteiger charge is -2.12. The second-order valence-electron chi connectivity index (χ2n) is 9.07. The molecule has 0 aliphatic carbocycles. The molecule has 3 aromatic carbocycles. The first-order valence-corrected chi connectivity index (χ1v) is 14.0. The van der Waals surface area contributed by atoms with Crippen molar-refractivity contribution in [2.24, 2.45) is 4.99 Å². The molecule has 1 aromatic heterocycles. The van der Waals surface area contributed by atoms with Crippen LogP contribution in [0.5, 0.6) is 0 Å². The van der Waals surface area contributed by atoms with Gasteiger partial charge in [-0.1, -0.05) is 18.2 Å². The molecular formula is C29H25FN4O3S. The third kappa shape index (κ3) is 5.68. The fourth-order valence-electron chi connectivity index (χ4n) is 4.24. The molecule has 1 aliphatic rings. The van der Waals surface area contributed by atoms with Gasteiger partial charge in [-0.15, -0.1) is 0 Å². The molecule has 0 fully saturated rings. The van der Waals surface area contributed by atoms with Crippen LogP contribution < -0.4 is 5.32 Å². The van der Waals surface area contributed by atoms with Crippen LogP contribution in [-0.4, -0.2) is 42.8 Å². The second kappa shape index (κ2) is 10.6. The number of amides is 1. The maximum Gasteiger partial charge on any atom is 0.251 e. The first-order chi connectivity index (χ1) is 18.3. The van der Waals surface area contributed by atoms with Gasteiger partial charge in [-0.25, -0.2) is 22.8 Å². The molecule has 7 nitrogen and oxygen atoms in total. The average molecular weight is 529 g/mol. The smallest absolute Gasteiger partial charge is 0.251 e. The van der Waals surface area contributed by atoms with E-state index < -0.39 is 9.84 Å². The number of sulfone groups is 1. The van der Waals surface area contributed by atoms with Crippen LogP contribution in [0, 0.1) is 5.82 Å². The maximum absolute atomic E-state index is 13.6. The van der Waals surface area contributed by atoms with Crippen molar-refractivity contribution in [3.8, 4) is 22.5 Å². The van der Waals surface area contributed by atoms with Gasteiger partial charge in [0.05, 0.1) is 27.3 Å². The molecule has 38 heavy (non-hydrogen) atoms. The van der Waals surface area contributed by atoms with Crippen LogP contribution in [0.1, 0.15) is 29.6 Å². The van der Waals surface area contributed by atoms with E-state index in [0.717, 1.165) is 31.2 Å². The minimum absolute atomic E-state index is 0.148. The van der Waals surface area contributed by atoms with E-state index in [0.29, 0.717) is 45.7 Å². The van der Waals surface area contributed by atoms with Crippen LogP contribution in [-0.2, 0) is 9.84 Å². The monoisotopic (exact) mass is 528 g/mol. The Morgan fingerprint density at radius 1 is 0.947 bits per heavy atom. The SMILES string of the molecule is CS(=O)(=O)c1cccc(-c2nc3cc(C(=O)NCCCC4=NC=CC4)ccc3nc2-c2ccc(F)cc2)c1. The van der Waals surface area contributed by atoms with E-state index in [-0.39, 0.29) is 16.6 Å². The standard InChI is InChI=1S/C29H25FN4O3S/c1-38(36,37)24-8-2-5-20(17-24)28-27(19-9-12-22(30)13-10-19)33-25-14-11-21(18-26(25)34-28)29(35)32-16-4-7-23-6-3-15-31-23/h2-3,5,8-15,17-18H,4,6-7,16H2,1H3,(H,32,35). The number of aromatic nitrogens is 2. The van der Waals surface area contributed by atoms with Gasteiger partial charge in [0.2, 0.25) is 0 Å². The number of carbonyl (C=O) groups is 1. The summed E-state index contributed by atoms with van der Waals surface area (Å²) in [6.45, 7) is 0.522. The van der Waals surface area contributed by atoms with Crippen molar-refractivity contribution in [2.45, 2.75) is 24.2 Å². The third-order valence-corrected chi connectivity index (χ3v) is 7.33. The number of benzene rings is 3. The highest BCUT2D eigenvalue weighted by molar-refractivity contribution is 7.90. The molecule has 0 saturated carbocycles. The number of nitrogens with one attached hydrogen (secondary N) is 1. The number of aliphatic imine (C=N–C) groups is 1. The molecule has 0 atom stereocenters. The summed E-state index contributed by atoms with van der Waals surface area (Å²) in [6.07, 6.45) is 7.45. The van der Waals surface area contributed by atoms with Crippen LogP contribution in [0.3, 0.4) is 0 Å². The van der Waals surface area contributed by atoms with Gasteiger partial charge >= 0.3 is 0 Å². The van der Waals surface area contributed by atoms with Gasteiger partial charge in [-0.2, -0.15) is 0 Å². The minimum atomic E-state index is -3.46. The van der Waals surface area contributed by atoms with Crippen LogP contribution in [0.2, 0.25) is 0 Å². The highest BCUT2D eigenvalue weighted by Gasteiger charge is 2.17. The van der Waals surface area contributed by atoms with Crippen molar-refractivity contribution in [2.75, 3.05) is 12.8 Å². The predicted octanol–water partition coefficient (Wildman–Crippen LogP) is 5.37. The molecule has 0 spiro atoms. The summed E-state index contributed by atoms with van der Waals surface area (Å²) in [5.74, 6) is -0.602. The summed E-state index contributed by atoms with van der Waals surface area (Å²) < 4.78 is 38.0. The van der Waals surface area contributed by atoms with E-state index >= 15 is 0 Å². The lowest BCUT2D eigenvalue weighted by molar-refractivity contribution is 0.0953. The van der Waals surface area contributed by atoms with Crippen molar-refractivity contribution in [1.29, 1.82) is 0 Å². The molecular weight excluding hydrogens is 503 g/mol. The van der Waals surface area contributed by atoms with E-state index in [1.165, 1.54) is 18.2 Å². The van der Waals surface area contributed by atoms with Crippen LogP contribution >= 0.6 is 0 Å². The molecule has 9 heteroatoms. The number of hydrogen-bond donors (Lipinski definition) is 1. The molecule has 0 radical (unpaired) electrons. The summed E-state index contributed by atoms with van der Waals surface area (Å²) in [7, 11) is -3.46. The van der Waals surface area contributed by atoms with Crippen LogP contribution in [0.4, 0.5) is 4.39 Å². The zero-order valence-corrected chi connectivity index (χ0v) is 21.5. The van der Waals surface area contributed by atoms with Crippen LogP contribution in [0.25, 0.3) is 33.5 Å². The molecule has 0 unspecified atom stereocenters. The fraction of sp³-hybridized carbons (Fsp3) is 0.172. The van der Waals surface area contributed by atoms with E-state index in [4.69, 9.17) is 9.97 Å². The Labute approximate surface area is 220 Å². The van der Waals surface area contributed by atoms with E-state index in [1.807, 2.05) is 6.08 Å². The van der Waals surface area contributed by atoms with Gasteiger partial charge in [0.15, 0.2) is 9.84 Å². The first-order valence-electron chi connectivity index (χ1n) is 12.1. The minimum Gasteiger partial charge on any atom is -0.352 e. The summed E-state index contributed by atoms with van der Waals surface area (Å²) >= 11 is 0. The lowest BCUT2D eigenvalue weighted by atomic mass is 10.0. The molecule has 5 rings (SSSR count). The number of nitrogens with zero attached hydrogens (tertiary/aromatic N) is 3. The van der Waals surface area contributed by atoms with Crippen molar-refractivity contribution >= 4 is 32.5 Å². The zero-order valence-electron chi connectivity index (χ0n) is 20.7. The van der Waals surface area contributed by atoms with Crippen molar-refractivity contribution in [3.05, 3.63) is 90.4 Å². The van der Waals surface area contributed by atoms with Gasteiger partial charge < -0.3 is 5.32 Å². The van der Waals surface area contributed by atoms with Crippen LogP contribution in [0.15, 0.2) is 88.9 Å². The normalized spacial score (nSPS) is 13.1.